The first-order chi connectivity index (χ1) is 18.9. The number of rotatable bonds is 12. The lowest BCUT2D eigenvalue weighted by Gasteiger charge is -2.32. The molecule has 3 aromatic rings. The second-order valence-electron chi connectivity index (χ2n) is 9.89. The smallest absolute Gasteiger partial charge is 0.264 e. The van der Waals surface area contributed by atoms with Crippen molar-refractivity contribution in [3.05, 3.63) is 88.9 Å². The summed E-state index contributed by atoms with van der Waals surface area (Å²) in [5.41, 5.74) is 1.56. The molecule has 1 atom stereocenters. The van der Waals surface area contributed by atoms with E-state index in [1.54, 1.807) is 81.6 Å². The molecule has 0 aliphatic carbocycles. The van der Waals surface area contributed by atoms with Gasteiger partial charge in [-0.25, -0.2) is 8.42 Å². The predicted octanol–water partition coefficient (Wildman–Crippen LogP) is 5.04. The van der Waals surface area contributed by atoms with Crippen LogP contribution >= 0.6 is 11.6 Å². The molecule has 0 fully saturated rings. The third-order valence-electron chi connectivity index (χ3n) is 6.48. The Morgan fingerprint density at radius 2 is 1.60 bits per heavy atom. The van der Waals surface area contributed by atoms with Crippen molar-refractivity contribution < 1.29 is 22.7 Å². The number of hydrogen-bond acceptors (Lipinski definition) is 5. The summed E-state index contributed by atoms with van der Waals surface area (Å²) in [6.45, 7) is 7.30. The molecule has 3 aromatic carbocycles. The zero-order chi connectivity index (χ0) is 29.4. The molecule has 0 saturated heterocycles. The van der Waals surface area contributed by atoms with Gasteiger partial charge in [0.15, 0.2) is 0 Å². The summed E-state index contributed by atoms with van der Waals surface area (Å²) in [6.07, 6.45) is 0. The van der Waals surface area contributed by atoms with Crippen LogP contribution in [-0.4, -0.2) is 51.4 Å². The topological polar surface area (TPSA) is 96.0 Å². The quantitative estimate of drug-likeness (QED) is 0.321. The predicted molar refractivity (Wildman–Crippen MR) is 158 cm³/mol. The van der Waals surface area contributed by atoms with E-state index in [1.165, 1.54) is 17.0 Å². The summed E-state index contributed by atoms with van der Waals surface area (Å²) >= 11 is 6.36. The highest BCUT2D eigenvalue weighted by atomic mass is 35.5. The SMILES string of the molecule is COc1ccc(CN(C(=O)CN(c2cccc(Cl)c2C)S(=O)(=O)c2ccccc2)[C@H](C)C(=O)NCC(C)C)cc1. The second kappa shape index (κ2) is 13.7. The molecule has 0 saturated carbocycles. The van der Waals surface area contributed by atoms with Crippen LogP contribution in [0, 0.1) is 12.8 Å². The molecule has 0 spiro atoms. The first-order valence-corrected chi connectivity index (χ1v) is 14.8. The molecule has 40 heavy (non-hydrogen) atoms. The van der Waals surface area contributed by atoms with Gasteiger partial charge in [-0.05, 0) is 67.3 Å². The van der Waals surface area contributed by atoms with Crippen LogP contribution < -0.4 is 14.4 Å². The van der Waals surface area contributed by atoms with E-state index < -0.39 is 28.5 Å². The lowest BCUT2D eigenvalue weighted by molar-refractivity contribution is -0.139. The fourth-order valence-electron chi connectivity index (χ4n) is 4.06. The van der Waals surface area contributed by atoms with E-state index in [2.05, 4.69) is 5.32 Å². The molecular weight excluding hydrogens is 550 g/mol. The van der Waals surface area contributed by atoms with E-state index in [-0.39, 0.29) is 29.0 Å². The molecule has 0 heterocycles. The van der Waals surface area contributed by atoms with Crippen LogP contribution in [0.2, 0.25) is 5.02 Å². The van der Waals surface area contributed by atoms with Crippen molar-refractivity contribution in [1.82, 2.24) is 10.2 Å². The number of amides is 2. The van der Waals surface area contributed by atoms with Gasteiger partial charge in [0.05, 0.1) is 17.7 Å². The lowest BCUT2D eigenvalue weighted by atomic mass is 10.1. The molecule has 2 amide bonds. The molecule has 1 N–H and O–H groups in total. The Labute approximate surface area is 241 Å². The number of carbonyl (C=O) groups excluding carboxylic acids is 2. The maximum Gasteiger partial charge on any atom is 0.264 e. The maximum absolute atomic E-state index is 14.0. The maximum atomic E-state index is 14.0. The average Bonchev–Trinajstić information content (AvgIpc) is 2.95. The number of halogens is 1. The van der Waals surface area contributed by atoms with Gasteiger partial charge in [-0.2, -0.15) is 0 Å². The van der Waals surface area contributed by atoms with Gasteiger partial charge in [0.2, 0.25) is 11.8 Å². The molecule has 8 nitrogen and oxygen atoms in total. The van der Waals surface area contributed by atoms with E-state index >= 15 is 0 Å². The van der Waals surface area contributed by atoms with Crippen LogP contribution in [0.15, 0.2) is 77.7 Å². The summed E-state index contributed by atoms with van der Waals surface area (Å²) in [5.74, 6) is 0.00831. The molecule has 0 radical (unpaired) electrons. The van der Waals surface area contributed by atoms with E-state index in [1.807, 2.05) is 13.8 Å². The first-order valence-electron chi connectivity index (χ1n) is 13.0. The van der Waals surface area contributed by atoms with E-state index in [0.717, 1.165) is 9.87 Å². The first kappa shape index (κ1) is 31.0. The third kappa shape index (κ3) is 7.55. The van der Waals surface area contributed by atoms with Crippen LogP contribution in [0.25, 0.3) is 0 Å². The zero-order valence-corrected chi connectivity index (χ0v) is 25.0. The molecule has 0 aliphatic heterocycles. The monoisotopic (exact) mass is 585 g/mol. The number of ether oxygens (including phenoxy) is 1. The van der Waals surface area contributed by atoms with Crippen molar-refractivity contribution >= 4 is 39.1 Å². The molecule has 0 aromatic heterocycles. The Balaban J connectivity index is 2.03. The minimum Gasteiger partial charge on any atom is -0.497 e. The van der Waals surface area contributed by atoms with Gasteiger partial charge in [-0.3, -0.25) is 13.9 Å². The van der Waals surface area contributed by atoms with Crippen LogP contribution in [0.1, 0.15) is 31.9 Å². The number of nitrogens with one attached hydrogen (secondary N) is 1. The largest absolute Gasteiger partial charge is 0.497 e. The summed E-state index contributed by atoms with van der Waals surface area (Å²) in [6, 6.07) is 19.1. The van der Waals surface area contributed by atoms with Crippen LogP contribution in [0.3, 0.4) is 0 Å². The highest BCUT2D eigenvalue weighted by Crippen LogP contribution is 2.31. The Morgan fingerprint density at radius 1 is 0.950 bits per heavy atom. The van der Waals surface area contributed by atoms with E-state index in [4.69, 9.17) is 16.3 Å². The number of carbonyl (C=O) groups is 2. The Kier molecular flexibility index (Phi) is 10.6. The Morgan fingerprint density at radius 3 is 2.20 bits per heavy atom. The fourth-order valence-corrected chi connectivity index (χ4v) is 5.72. The van der Waals surface area contributed by atoms with Crippen molar-refractivity contribution in [3.63, 3.8) is 0 Å². The summed E-state index contributed by atoms with van der Waals surface area (Å²) < 4.78 is 34.1. The van der Waals surface area contributed by atoms with Gasteiger partial charge >= 0.3 is 0 Å². The van der Waals surface area contributed by atoms with Gasteiger partial charge in [0, 0.05) is 18.1 Å². The van der Waals surface area contributed by atoms with Gasteiger partial charge in [-0.15, -0.1) is 0 Å². The molecule has 0 bridgehead atoms. The average molecular weight is 586 g/mol. The van der Waals surface area contributed by atoms with Crippen LogP contribution in [-0.2, 0) is 26.2 Å². The van der Waals surface area contributed by atoms with Crippen molar-refractivity contribution in [1.29, 1.82) is 0 Å². The van der Waals surface area contributed by atoms with Crippen molar-refractivity contribution in [2.45, 2.75) is 45.2 Å². The van der Waals surface area contributed by atoms with Crippen molar-refractivity contribution in [2.24, 2.45) is 5.92 Å². The van der Waals surface area contributed by atoms with Gasteiger partial charge < -0.3 is 15.0 Å². The summed E-state index contributed by atoms with van der Waals surface area (Å²) in [4.78, 5) is 28.5. The second-order valence-corrected chi connectivity index (χ2v) is 12.2. The normalized spacial score (nSPS) is 12.1. The number of benzene rings is 3. The number of hydrogen-bond donors (Lipinski definition) is 1. The number of nitrogens with zero attached hydrogens (tertiary/aromatic N) is 2. The zero-order valence-electron chi connectivity index (χ0n) is 23.4. The van der Waals surface area contributed by atoms with E-state index in [0.29, 0.717) is 22.9 Å². The summed E-state index contributed by atoms with van der Waals surface area (Å²) in [5, 5.41) is 3.25. The summed E-state index contributed by atoms with van der Waals surface area (Å²) in [7, 11) is -2.60. The lowest BCUT2D eigenvalue weighted by Crippen LogP contribution is -2.51. The van der Waals surface area contributed by atoms with Crippen molar-refractivity contribution in [2.75, 3.05) is 24.5 Å². The number of anilines is 1. The molecular formula is C30H36ClN3O5S. The van der Waals surface area contributed by atoms with E-state index in [9.17, 15) is 18.0 Å². The van der Waals surface area contributed by atoms with Crippen molar-refractivity contribution in [3.8, 4) is 5.75 Å². The van der Waals surface area contributed by atoms with Gasteiger partial charge in [0.25, 0.3) is 10.0 Å². The van der Waals surface area contributed by atoms with Gasteiger partial charge in [-0.1, -0.05) is 61.8 Å². The third-order valence-corrected chi connectivity index (χ3v) is 8.67. The molecule has 0 aliphatic rings. The molecule has 10 heteroatoms. The highest BCUT2D eigenvalue weighted by molar-refractivity contribution is 7.92. The minimum absolute atomic E-state index is 0.0339. The minimum atomic E-state index is -4.16. The van der Waals surface area contributed by atoms with Crippen LogP contribution in [0.4, 0.5) is 5.69 Å². The number of methoxy groups -OCH3 is 1. The number of sulfonamides is 1. The highest BCUT2D eigenvalue weighted by Gasteiger charge is 2.33. The standard InChI is InChI=1S/C30H36ClN3O5S/c1-21(2)18-32-30(36)23(4)33(19-24-14-16-25(39-5)17-15-24)29(35)20-34(28-13-9-12-27(31)22(28)3)40(37,38)26-10-7-6-8-11-26/h6-17,21,23H,18-20H2,1-5H3,(H,32,36)/t23-/m1/s1. The van der Waals surface area contributed by atoms with Crippen LogP contribution in [0.5, 0.6) is 5.75 Å². The molecule has 3 rings (SSSR count). The van der Waals surface area contributed by atoms with Gasteiger partial charge in [0.1, 0.15) is 18.3 Å². The fraction of sp³-hybridized carbons (Fsp3) is 0.333. The Bertz CT molecular complexity index is 1410. The molecule has 0 unspecified atom stereocenters. The molecule has 214 valence electrons. The Hall–Kier alpha value is -3.56.